The number of aromatic hydroxyl groups is 1. The van der Waals surface area contributed by atoms with Crippen molar-refractivity contribution >= 4 is 18.1 Å². The molecule has 2 atom stereocenters. The molecule has 0 saturated heterocycles. The van der Waals surface area contributed by atoms with Crippen LogP contribution in [0.15, 0.2) is 18.2 Å². The number of hydrogen-bond acceptors (Lipinski definition) is 5. The Labute approximate surface area is 111 Å². The van der Waals surface area contributed by atoms with Crippen LogP contribution >= 0.6 is 12.4 Å². The fraction of sp³-hybridized carbons (Fsp3) is 0.455. The van der Waals surface area contributed by atoms with E-state index in [4.69, 9.17) is 5.73 Å². The van der Waals surface area contributed by atoms with Crippen LogP contribution in [0.4, 0.5) is 5.69 Å². The van der Waals surface area contributed by atoms with Crippen LogP contribution in [-0.2, 0) is 0 Å². The molecule has 0 bridgehead atoms. The molecular formula is C11H17ClN2O4. The topological polar surface area (TPSA) is 110 Å². The van der Waals surface area contributed by atoms with Gasteiger partial charge in [-0.25, -0.2) is 0 Å². The molecule has 0 saturated carbocycles. The maximum Gasteiger partial charge on any atom is 0.274 e. The molecule has 0 aliphatic heterocycles. The second kappa shape index (κ2) is 7.15. The van der Waals surface area contributed by atoms with E-state index < -0.39 is 17.1 Å². The lowest BCUT2D eigenvalue weighted by Crippen LogP contribution is -2.26. The minimum atomic E-state index is -0.873. The normalized spacial score (nSPS) is 13.5. The smallest absolute Gasteiger partial charge is 0.274 e. The maximum atomic E-state index is 10.8. The molecule has 4 N–H and O–H groups in total. The molecule has 0 amide bonds. The van der Waals surface area contributed by atoms with Crippen molar-refractivity contribution in [3.63, 3.8) is 0 Å². The van der Waals surface area contributed by atoms with E-state index >= 15 is 0 Å². The van der Waals surface area contributed by atoms with E-state index in [1.54, 1.807) is 0 Å². The second-order valence-corrected chi connectivity index (χ2v) is 3.88. The summed E-state index contributed by atoms with van der Waals surface area (Å²) >= 11 is 0. The molecule has 7 heteroatoms. The van der Waals surface area contributed by atoms with Gasteiger partial charge in [-0.1, -0.05) is 13.3 Å². The average Bonchev–Trinajstić information content (AvgIpc) is 2.27. The molecule has 0 unspecified atom stereocenters. The van der Waals surface area contributed by atoms with Crippen molar-refractivity contribution in [3.05, 3.63) is 33.9 Å². The molecule has 0 fully saturated rings. The third-order valence-corrected chi connectivity index (χ3v) is 2.57. The van der Waals surface area contributed by atoms with Gasteiger partial charge in [0.1, 0.15) is 5.75 Å². The Balaban J connectivity index is 0.00000289. The lowest BCUT2D eigenvalue weighted by atomic mass is 9.97. The fourth-order valence-electron chi connectivity index (χ4n) is 1.66. The lowest BCUT2D eigenvalue weighted by Gasteiger charge is -2.18. The minimum Gasteiger partial charge on any atom is -0.508 e. The maximum absolute atomic E-state index is 10.8. The number of rotatable bonds is 5. The SMILES string of the molecule is CCC[C@H](O)[C@H](N)c1cc(O)ccc1[N+](=O)[O-].Cl. The number of hydrogen-bond donors (Lipinski definition) is 3. The van der Waals surface area contributed by atoms with Crippen LogP contribution < -0.4 is 5.73 Å². The Morgan fingerprint density at radius 2 is 2.11 bits per heavy atom. The largest absolute Gasteiger partial charge is 0.508 e. The van der Waals surface area contributed by atoms with Gasteiger partial charge in [-0.2, -0.15) is 0 Å². The molecule has 18 heavy (non-hydrogen) atoms. The Kier molecular flexibility index (Phi) is 6.61. The molecule has 0 aromatic heterocycles. The van der Waals surface area contributed by atoms with Gasteiger partial charge in [0, 0.05) is 6.07 Å². The number of benzene rings is 1. The molecule has 1 aromatic rings. The zero-order chi connectivity index (χ0) is 13.0. The molecule has 0 aliphatic rings. The van der Waals surface area contributed by atoms with Crippen molar-refractivity contribution < 1.29 is 15.1 Å². The number of nitrogens with zero attached hydrogens (tertiary/aromatic N) is 1. The monoisotopic (exact) mass is 276 g/mol. The number of nitro groups is 1. The molecule has 6 nitrogen and oxygen atoms in total. The Morgan fingerprint density at radius 3 is 2.61 bits per heavy atom. The number of aliphatic hydroxyl groups is 1. The molecule has 0 spiro atoms. The van der Waals surface area contributed by atoms with Crippen LogP contribution in [0.25, 0.3) is 0 Å². The van der Waals surface area contributed by atoms with Crippen LogP contribution in [0.5, 0.6) is 5.75 Å². The molecular weight excluding hydrogens is 260 g/mol. The van der Waals surface area contributed by atoms with E-state index in [2.05, 4.69) is 0 Å². The van der Waals surface area contributed by atoms with E-state index in [1.165, 1.54) is 18.2 Å². The van der Waals surface area contributed by atoms with Crippen molar-refractivity contribution in [1.29, 1.82) is 0 Å². The number of nitro benzene ring substituents is 1. The Morgan fingerprint density at radius 1 is 1.50 bits per heavy atom. The van der Waals surface area contributed by atoms with Crippen LogP contribution in [0.1, 0.15) is 31.4 Å². The summed E-state index contributed by atoms with van der Waals surface area (Å²) in [4.78, 5) is 10.2. The van der Waals surface area contributed by atoms with Crippen LogP contribution in [0, 0.1) is 10.1 Å². The van der Waals surface area contributed by atoms with Gasteiger partial charge in [0.25, 0.3) is 5.69 Å². The quantitative estimate of drug-likeness (QED) is 0.562. The van der Waals surface area contributed by atoms with Gasteiger partial charge in [-0.05, 0) is 18.6 Å². The van der Waals surface area contributed by atoms with Crippen molar-refractivity contribution in [2.45, 2.75) is 31.9 Å². The molecule has 102 valence electrons. The van der Waals surface area contributed by atoms with Crippen molar-refractivity contribution in [1.82, 2.24) is 0 Å². The third kappa shape index (κ3) is 3.83. The van der Waals surface area contributed by atoms with Crippen molar-refractivity contribution in [2.24, 2.45) is 5.73 Å². The number of phenols is 1. The van der Waals surface area contributed by atoms with Gasteiger partial charge >= 0.3 is 0 Å². The molecule has 1 rings (SSSR count). The highest BCUT2D eigenvalue weighted by molar-refractivity contribution is 5.85. The first kappa shape index (κ1) is 16.6. The van der Waals surface area contributed by atoms with Crippen LogP contribution in [0.3, 0.4) is 0 Å². The molecule has 0 heterocycles. The highest BCUT2D eigenvalue weighted by Crippen LogP contribution is 2.30. The predicted molar refractivity (Wildman–Crippen MR) is 69.9 cm³/mol. The zero-order valence-corrected chi connectivity index (χ0v) is 10.8. The second-order valence-electron chi connectivity index (χ2n) is 3.88. The summed E-state index contributed by atoms with van der Waals surface area (Å²) in [6.07, 6.45) is 0.315. The summed E-state index contributed by atoms with van der Waals surface area (Å²) < 4.78 is 0. The first-order chi connectivity index (χ1) is 7.97. The van der Waals surface area contributed by atoms with Gasteiger partial charge in [0.05, 0.1) is 22.6 Å². The van der Waals surface area contributed by atoms with Crippen molar-refractivity contribution in [3.8, 4) is 5.75 Å². The summed E-state index contributed by atoms with van der Waals surface area (Å²) in [7, 11) is 0. The Bertz CT molecular complexity index is 414. The van der Waals surface area contributed by atoms with Crippen molar-refractivity contribution in [2.75, 3.05) is 0 Å². The fourth-order valence-corrected chi connectivity index (χ4v) is 1.66. The van der Waals surface area contributed by atoms with Gasteiger partial charge in [-0.15, -0.1) is 12.4 Å². The first-order valence-corrected chi connectivity index (χ1v) is 5.38. The van der Waals surface area contributed by atoms with Gasteiger partial charge < -0.3 is 15.9 Å². The highest BCUT2D eigenvalue weighted by Gasteiger charge is 2.24. The van der Waals surface area contributed by atoms with E-state index in [0.717, 1.165) is 6.42 Å². The third-order valence-electron chi connectivity index (χ3n) is 2.57. The van der Waals surface area contributed by atoms with E-state index in [-0.39, 0.29) is 29.4 Å². The zero-order valence-electron chi connectivity index (χ0n) is 9.94. The minimum absolute atomic E-state index is 0. The van der Waals surface area contributed by atoms with Crippen LogP contribution in [0.2, 0.25) is 0 Å². The summed E-state index contributed by atoms with van der Waals surface area (Å²) in [6, 6.07) is 2.76. The molecule has 0 radical (unpaired) electrons. The van der Waals surface area contributed by atoms with Gasteiger partial charge in [0.2, 0.25) is 0 Å². The number of aliphatic hydroxyl groups excluding tert-OH is 1. The molecule has 1 aromatic carbocycles. The molecule has 0 aliphatic carbocycles. The standard InChI is InChI=1S/C11H16N2O4.ClH/c1-2-3-10(15)11(12)8-6-7(14)4-5-9(8)13(16)17;/h4-6,10-11,14-15H,2-3,12H2,1H3;1H/t10-,11+;/m0./s1. The van der Waals surface area contributed by atoms with Crippen LogP contribution in [-0.4, -0.2) is 21.2 Å². The average molecular weight is 277 g/mol. The number of phenolic OH excluding ortho intramolecular Hbond substituents is 1. The van der Waals surface area contributed by atoms with E-state index in [1.807, 2.05) is 6.92 Å². The number of halogens is 1. The summed E-state index contributed by atoms with van der Waals surface area (Å²) in [6.45, 7) is 1.88. The van der Waals surface area contributed by atoms with Gasteiger partial charge in [-0.3, -0.25) is 10.1 Å². The summed E-state index contributed by atoms with van der Waals surface area (Å²) in [5, 5.41) is 29.9. The highest BCUT2D eigenvalue weighted by atomic mass is 35.5. The number of nitrogens with two attached hydrogens (primary N) is 1. The van der Waals surface area contributed by atoms with E-state index in [9.17, 15) is 20.3 Å². The van der Waals surface area contributed by atoms with E-state index in [0.29, 0.717) is 6.42 Å². The predicted octanol–water partition coefficient (Wildman–Crippen LogP) is 1.88. The summed E-state index contributed by atoms with van der Waals surface area (Å²) in [5.74, 6) is -0.107. The Hall–Kier alpha value is -1.37. The van der Waals surface area contributed by atoms with Gasteiger partial charge in [0.15, 0.2) is 0 Å². The summed E-state index contributed by atoms with van der Waals surface area (Å²) in [5.41, 5.74) is 5.73. The lowest BCUT2D eigenvalue weighted by molar-refractivity contribution is -0.385. The first-order valence-electron chi connectivity index (χ1n) is 5.38.